The van der Waals surface area contributed by atoms with Gasteiger partial charge in [-0.15, -0.1) is 0 Å². The Morgan fingerprint density at radius 3 is 2.92 bits per heavy atom. The van der Waals surface area contributed by atoms with Gasteiger partial charge in [0.15, 0.2) is 0 Å². The molecule has 1 aromatic carbocycles. The second kappa shape index (κ2) is 7.93. The van der Waals surface area contributed by atoms with Crippen LogP contribution in [0.3, 0.4) is 0 Å². The fraction of sp³-hybridized carbons (Fsp3) is 0.556. The molecule has 1 N–H and O–H groups in total. The summed E-state index contributed by atoms with van der Waals surface area (Å²) in [6.07, 6.45) is 2.74. The van der Waals surface area contributed by atoms with Gasteiger partial charge >= 0.3 is 0 Å². The van der Waals surface area contributed by atoms with E-state index in [0.29, 0.717) is 19.5 Å². The standard InChI is InChI=1S/C18H24FN3O3/c1-21(17(23)12-20-11-13-5-4-10-25-13)16-8-9-22(18(16)24)15-7-3-2-6-14(15)19/h2-3,6-7,13,16,20H,4-5,8-12H2,1H3/t13-,16-/m1/s1. The van der Waals surface area contributed by atoms with Gasteiger partial charge in [-0.3, -0.25) is 9.59 Å². The number of carbonyl (C=O) groups excluding carboxylic acids is 2. The Labute approximate surface area is 146 Å². The summed E-state index contributed by atoms with van der Waals surface area (Å²) in [6, 6.07) is 5.66. The lowest BCUT2D eigenvalue weighted by Crippen LogP contribution is -2.46. The van der Waals surface area contributed by atoms with Crippen LogP contribution in [-0.4, -0.2) is 62.1 Å². The van der Waals surface area contributed by atoms with E-state index in [4.69, 9.17) is 4.74 Å². The molecule has 25 heavy (non-hydrogen) atoms. The van der Waals surface area contributed by atoms with Crippen LogP contribution in [0.5, 0.6) is 0 Å². The molecule has 3 rings (SSSR count). The van der Waals surface area contributed by atoms with E-state index in [1.807, 2.05) is 0 Å². The highest BCUT2D eigenvalue weighted by Gasteiger charge is 2.37. The third kappa shape index (κ3) is 3.99. The summed E-state index contributed by atoms with van der Waals surface area (Å²) in [5.41, 5.74) is 0.271. The van der Waals surface area contributed by atoms with Gasteiger partial charge in [0.05, 0.1) is 18.3 Å². The van der Waals surface area contributed by atoms with Gasteiger partial charge in [0.25, 0.3) is 0 Å². The summed E-state index contributed by atoms with van der Waals surface area (Å²) >= 11 is 0. The molecule has 2 aliphatic rings. The van der Waals surface area contributed by atoms with Crippen molar-refractivity contribution in [1.29, 1.82) is 0 Å². The predicted molar refractivity (Wildman–Crippen MR) is 91.8 cm³/mol. The second-order valence-electron chi connectivity index (χ2n) is 6.52. The molecule has 0 aliphatic carbocycles. The number of ether oxygens (including phenoxy) is 1. The van der Waals surface area contributed by atoms with Crippen molar-refractivity contribution < 1.29 is 18.7 Å². The highest BCUT2D eigenvalue weighted by molar-refractivity contribution is 6.01. The summed E-state index contributed by atoms with van der Waals surface area (Å²) in [6.45, 7) is 1.99. The molecule has 0 bridgehead atoms. The third-order valence-electron chi connectivity index (χ3n) is 4.85. The molecule has 7 heteroatoms. The number of halogens is 1. The zero-order valence-electron chi connectivity index (χ0n) is 14.4. The molecule has 136 valence electrons. The van der Waals surface area contributed by atoms with E-state index in [-0.39, 0.29) is 30.2 Å². The Morgan fingerprint density at radius 2 is 2.20 bits per heavy atom. The van der Waals surface area contributed by atoms with E-state index in [1.54, 1.807) is 25.2 Å². The topological polar surface area (TPSA) is 61.9 Å². The normalized spacial score (nSPS) is 23.3. The van der Waals surface area contributed by atoms with Crippen LogP contribution in [0, 0.1) is 5.82 Å². The number of hydrogen-bond donors (Lipinski definition) is 1. The van der Waals surface area contributed by atoms with Crippen LogP contribution in [0.2, 0.25) is 0 Å². The molecule has 2 amide bonds. The fourth-order valence-electron chi connectivity index (χ4n) is 3.38. The van der Waals surface area contributed by atoms with Gasteiger partial charge in [0.2, 0.25) is 11.8 Å². The fourth-order valence-corrected chi connectivity index (χ4v) is 3.38. The van der Waals surface area contributed by atoms with E-state index in [1.165, 1.54) is 15.9 Å². The minimum absolute atomic E-state index is 0.147. The molecule has 2 fully saturated rings. The average molecular weight is 349 g/mol. The lowest BCUT2D eigenvalue weighted by molar-refractivity contribution is -0.136. The Kier molecular flexibility index (Phi) is 5.65. The third-order valence-corrected chi connectivity index (χ3v) is 4.85. The Hall–Kier alpha value is -1.99. The Balaban J connectivity index is 1.53. The first kappa shape index (κ1) is 17.8. The van der Waals surface area contributed by atoms with Crippen LogP contribution in [0.1, 0.15) is 19.3 Å². The van der Waals surface area contributed by atoms with Crippen molar-refractivity contribution in [2.24, 2.45) is 0 Å². The lowest BCUT2D eigenvalue weighted by Gasteiger charge is -2.24. The highest BCUT2D eigenvalue weighted by atomic mass is 19.1. The van der Waals surface area contributed by atoms with Gasteiger partial charge in [-0.25, -0.2) is 4.39 Å². The first-order valence-electron chi connectivity index (χ1n) is 8.72. The lowest BCUT2D eigenvalue weighted by atomic mass is 10.2. The molecule has 2 saturated heterocycles. The molecule has 0 unspecified atom stereocenters. The number of carbonyl (C=O) groups is 2. The van der Waals surface area contributed by atoms with Crippen LogP contribution in [0.25, 0.3) is 0 Å². The van der Waals surface area contributed by atoms with E-state index in [9.17, 15) is 14.0 Å². The molecule has 0 aromatic heterocycles. The number of amides is 2. The van der Waals surface area contributed by atoms with Crippen molar-refractivity contribution in [2.75, 3.05) is 38.2 Å². The van der Waals surface area contributed by atoms with Crippen LogP contribution >= 0.6 is 0 Å². The maximum atomic E-state index is 13.9. The predicted octanol–water partition coefficient (Wildman–Crippen LogP) is 1.16. The van der Waals surface area contributed by atoms with Crippen molar-refractivity contribution in [3.63, 3.8) is 0 Å². The van der Waals surface area contributed by atoms with Crippen molar-refractivity contribution in [3.8, 4) is 0 Å². The van der Waals surface area contributed by atoms with E-state index >= 15 is 0 Å². The number of rotatable bonds is 6. The van der Waals surface area contributed by atoms with Gasteiger partial charge in [0.1, 0.15) is 11.9 Å². The zero-order valence-corrected chi connectivity index (χ0v) is 14.4. The molecular formula is C18H24FN3O3. The number of para-hydroxylation sites is 1. The SMILES string of the molecule is CN(C(=O)CNC[C@H]1CCCO1)[C@@H]1CCN(c2ccccc2F)C1=O. The first-order chi connectivity index (χ1) is 12.1. The van der Waals surface area contributed by atoms with Crippen LogP contribution in [-0.2, 0) is 14.3 Å². The van der Waals surface area contributed by atoms with Crippen molar-refractivity contribution >= 4 is 17.5 Å². The summed E-state index contributed by atoms with van der Waals surface area (Å²) in [5.74, 6) is -0.810. The first-order valence-corrected chi connectivity index (χ1v) is 8.72. The van der Waals surface area contributed by atoms with E-state index in [0.717, 1.165) is 19.4 Å². The van der Waals surface area contributed by atoms with E-state index < -0.39 is 11.9 Å². The van der Waals surface area contributed by atoms with Crippen LogP contribution < -0.4 is 10.2 Å². The van der Waals surface area contributed by atoms with Gasteiger partial charge in [0, 0.05) is 26.7 Å². The quantitative estimate of drug-likeness (QED) is 0.837. The van der Waals surface area contributed by atoms with Crippen molar-refractivity contribution in [2.45, 2.75) is 31.4 Å². The summed E-state index contributed by atoms with van der Waals surface area (Å²) in [5, 5.41) is 3.10. The molecule has 0 spiro atoms. The number of nitrogens with zero attached hydrogens (tertiary/aromatic N) is 2. The van der Waals surface area contributed by atoms with Gasteiger partial charge in [-0.2, -0.15) is 0 Å². The smallest absolute Gasteiger partial charge is 0.249 e. The Morgan fingerprint density at radius 1 is 1.40 bits per heavy atom. The summed E-state index contributed by atoms with van der Waals surface area (Å²) in [4.78, 5) is 27.8. The van der Waals surface area contributed by atoms with Crippen LogP contribution in [0.4, 0.5) is 10.1 Å². The van der Waals surface area contributed by atoms with Gasteiger partial charge < -0.3 is 19.9 Å². The second-order valence-corrected chi connectivity index (χ2v) is 6.52. The molecule has 2 atom stereocenters. The molecule has 6 nitrogen and oxygen atoms in total. The monoisotopic (exact) mass is 349 g/mol. The maximum absolute atomic E-state index is 13.9. The van der Waals surface area contributed by atoms with Gasteiger partial charge in [-0.05, 0) is 31.4 Å². The number of anilines is 1. The summed E-state index contributed by atoms with van der Waals surface area (Å²) < 4.78 is 19.4. The molecule has 2 aliphatic heterocycles. The highest BCUT2D eigenvalue weighted by Crippen LogP contribution is 2.26. The minimum Gasteiger partial charge on any atom is -0.377 e. The van der Waals surface area contributed by atoms with Crippen molar-refractivity contribution in [1.82, 2.24) is 10.2 Å². The average Bonchev–Trinajstić information content (AvgIpc) is 3.24. The molecule has 0 saturated carbocycles. The Bertz CT molecular complexity index is 634. The minimum atomic E-state index is -0.545. The van der Waals surface area contributed by atoms with E-state index in [2.05, 4.69) is 5.32 Å². The molecule has 1 aromatic rings. The number of likely N-dealkylation sites (N-methyl/N-ethyl adjacent to an activating group) is 1. The molecule has 2 heterocycles. The molecule has 0 radical (unpaired) electrons. The van der Waals surface area contributed by atoms with Gasteiger partial charge in [-0.1, -0.05) is 12.1 Å². The number of nitrogens with one attached hydrogen (secondary N) is 1. The van der Waals surface area contributed by atoms with Crippen LogP contribution in [0.15, 0.2) is 24.3 Å². The summed E-state index contributed by atoms with van der Waals surface area (Å²) in [7, 11) is 1.63. The molecular weight excluding hydrogens is 325 g/mol. The largest absolute Gasteiger partial charge is 0.377 e. The maximum Gasteiger partial charge on any atom is 0.249 e. The van der Waals surface area contributed by atoms with Crippen molar-refractivity contribution in [3.05, 3.63) is 30.1 Å². The zero-order chi connectivity index (χ0) is 17.8. The number of benzene rings is 1. The number of hydrogen-bond acceptors (Lipinski definition) is 4.